The number of hydrogen-bond acceptors (Lipinski definition) is 8. The second-order valence-corrected chi connectivity index (χ2v) is 11.2. The van der Waals surface area contributed by atoms with Crippen LogP contribution in [0.1, 0.15) is 16.7 Å². The van der Waals surface area contributed by atoms with E-state index in [-0.39, 0.29) is 42.7 Å². The van der Waals surface area contributed by atoms with E-state index >= 15 is 0 Å². The molecule has 0 unspecified atom stereocenters. The van der Waals surface area contributed by atoms with Crippen molar-refractivity contribution in [2.24, 2.45) is 0 Å². The minimum atomic E-state index is -3.85. The Kier molecular flexibility index (Phi) is 9.60. The predicted molar refractivity (Wildman–Crippen MR) is 159 cm³/mol. The van der Waals surface area contributed by atoms with Gasteiger partial charge in [-0.05, 0) is 47.5 Å². The van der Waals surface area contributed by atoms with Crippen molar-refractivity contribution in [2.45, 2.75) is 4.90 Å². The molecule has 11 nitrogen and oxygen atoms in total. The summed E-state index contributed by atoms with van der Waals surface area (Å²) in [5.41, 5.74) is 2.20. The van der Waals surface area contributed by atoms with E-state index in [0.29, 0.717) is 17.1 Å². The molecular formula is C30H31N3O8S. The van der Waals surface area contributed by atoms with Gasteiger partial charge in [-0.2, -0.15) is 4.31 Å². The number of non-ortho nitro benzene ring substituents is 1. The van der Waals surface area contributed by atoms with Crippen LogP contribution in [0.4, 0.5) is 5.69 Å². The summed E-state index contributed by atoms with van der Waals surface area (Å²) in [7, 11) is 0.855. The lowest BCUT2D eigenvalue weighted by atomic mass is 10.0. The third-order valence-corrected chi connectivity index (χ3v) is 8.72. The van der Waals surface area contributed by atoms with E-state index in [1.54, 1.807) is 31.3 Å². The number of carbonyl (C=O) groups excluding carboxylic acids is 1. The maximum atomic E-state index is 13.1. The molecule has 0 spiro atoms. The number of piperazine rings is 1. The fraction of sp³-hybridized carbons (Fsp3) is 0.233. The molecule has 0 radical (unpaired) electrons. The summed E-state index contributed by atoms with van der Waals surface area (Å²) in [6.07, 6.45) is 6.94. The number of rotatable bonds is 10. The van der Waals surface area contributed by atoms with Crippen LogP contribution < -0.4 is 14.2 Å². The topological polar surface area (TPSA) is 129 Å². The van der Waals surface area contributed by atoms with Crippen LogP contribution in [0.25, 0.3) is 18.2 Å². The van der Waals surface area contributed by atoms with Gasteiger partial charge < -0.3 is 19.1 Å². The molecule has 220 valence electrons. The van der Waals surface area contributed by atoms with Crippen LogP contribution in [0.15, 0.2) is 71.6 Å². The lowest BCUT2D eigenvalue weighted by Crippen LogP contribution is -2.50. The van der Waals surface area contributed by atoms with Gasteiger partial charge in [0.05, 0.1) is 31.1 Å². The Hall–Kier alpha value is -4.68. The van der Waals surface area contributed by atoms with Gasteiger partial charge in [-0.3, -0.25) is 14.9 Å². The van der Waals surface area contributed by atoms with Crippen LogP contribution in [-0.4, -0.2) is 76.0 Å². The van der Waals surface area contributed by atoms with Crippen LogP contribution in [0, 0.1) is 10.1 Å². The van der Waals surface area contributed by atoms with Crippen LogP contribution >= 0.6 is 0 Å². The summed E-state index contributed by atoms with van der Waals surface area (Å²) >= 11 is 0. The first-order chi connectivity index (χ1) is 20.2. The fourth-order valence-corrected chi connectivity index (χ4v) is 5.85. The molecule has 1 aliphatic rings. The van der Waals surface area contributed by atoms with Gasteiger partial charge in [-0.25, -0.2) is 8.42 Å². The average molecular weight is 594 g/mol. The van der Waals surface area contributed by atoms with E-state index in [9.17, 15) is 23.3 Å². The highest BCUT2D eigenvalue weighted by Gasteiger charge is 2.30. The first-order valence-electron chi connectivity index (χ1n) is 13.0. The van der Waals surface area contributed by atoms with Crippen molar-refractivity contribution in [3.63, 3.8) is 0 Å². The van der Waals surface area contributed by atoms with Gasteiger partial charge in [-0.1, -0.05) is 24.3 Å². The smallest absolute Gasteiger partial charge is 0.269 e. The summed E-state index contributed by atoms with van der Waals surface area (Å²) in [5, 5.41) is 10.9. The number of nitro benzene ring substituents is 1. The van der Waals surface area contributed by atoms with Gasteiger partial charge in [0, 0.05) is 56.0 Å². The predicted octanol–water partition coefficient (Wildman–Crippen LogP) is 4.34. The van der Waals surface area contributed by atoms with E-state index in [1.807, 2.05) is 42.5 Å². The number of amides is 1. The summed E-state index contributed by atoms with van der Waals surface area (Å²) < 4.78 is 43.5. The molecule has 0 saturated carbocycles. The fourth-order valence-electron chi connectivity index (χ4n) is 4.42. The monoisotopic (exact) mass is 593 g/mol. The second-order valence-electron chi connectivity index (χ2n) is 9.25. The van der Waals surface area contributed by atoms with Crippen molar-refractivity contribution < 1.29 is 32.3 Å². The summed E-state index contributed by atoms with van der Waals surface area (Å²) in [6, 6.07) is 15.9. The average Bonchev–Trinajstić information content (AvgIpc) is 3.02. The Morgan fingerprint density at radius 1 is 0.833 bits per heavy atom. The highest BCUT2D eigenvalue weighted by atomic mass is 32.2. The van der Waals surface area contributed by atoms with Crippen LogP contribution in [0.5, 0.6) is 17.2 Å². The molecule has 12 heteroatoms. The van der Waals surface area contributed by atoms with Gasteiger partial charge in [0.1, 0.15) is 17.2 Å². The minimum absolute atomic E-state index is 0.0328. The minimum Gasteiger partial charge on any atom is -0.497 e. The Bertz CT molecular complexity index is 1590. The summed E-state index contributed by atoms with van der Waals surface area (Å²) in [5.74, 6) is 1.59. The van der Waals surface area contributed by atoms with Gasteiger partial charge in [0.15, 0.2) is 0 Å². The summed E-state index contributed by atoms with van der Waals surface area (Å²) in [4.78, 5) is 24.9. The van der Waals surface area contributed by atoms with E-state index in [4.69, 9.17) is 14.2 Å². The summed E-state index contributed by atoms with van der Waals surface area (Å²) in [6.45, 7) is 0.583. The van der Waals surface area contributed by atoms with E-state index in [2.05, 4.69) is 0 Å². The van der Waals surface area contributed by atoms with Gasteiger partial charge in [0.2, 0.25) is 15.9 Å². The number of methoxy groups -OCH3 is 3. The van der Waals surface area contributed by atoms with Gasteiger partial charge >= 0.3 is 0 Å². The van der Waals surface area contributed by atoms with E-state index in [0.717, 1.165) is 29.0 Å². The maximum Gasteiger partial charge on any atom is 0.269 e. The second kappa shape index (κ2) is 13.3. The van der Waals surface area contributed by atoms with Crippen molar-refractivity contribution in [3.8, 4) is 17.2 Å². The molecule has 1 fully saturated rings. The number of sulfonamides is 1. The third kappa shape index (κ3) is 6.96. The molecule has 1 heterocycles. The van der Waals surface area contributed by atoms with Crippen molar-refractivity contribution >= 4 is 39.8 Å². The van der Waals surface area contributed by atoms with Gasteiger partial charge in [-0.15, -0.1) is 0 Å². The molecule has 3 aromatic carbocycles. The molecule has 1 aliphatic heterocycles. The Morgan fingerprint density at radius 3 is 2.05 bits per heavy atom. The number of hydrogen-bond donors (Lipinski definition) is 0. The number of carbonyl (C=O) groups is 1. The highest BCUT2D eigenvalue weighted by molar-refractivity contribution is 7.89. The zero-order chi connectivity index (χ0) is 30.3. The van der Waals surface area contributed by atoms with Gasteiger partial charge in [0.25, 0.3) is 5.69 Å². The van der Waals surface area contributed by atoms with E-state index in [1.165, 1.54) is 29.6 Å². The molecule has 0 aromatic heterocycles. The van der Waals surface area contributed by atoms with Crippen molar-refractivity contribution in [3.05, 3.63) is 93.5 Å². The molecule has 1 amide bonds. The quantitative estimate of drug-likeness (QED) is 0.147. The van der Waals surface area contributed by atoms with Crippen molar-refractivity contribution in [1.29, 1.82) is 0 Å². The molecule has 3 aromatic rings. The van der Waals surface area contributed by atoms with Crippen LogP contribution in [-0.2, 0) is 14.8 Å². The Morgan fingerprint density at radius 2 is 1.48 bits per heavy atom. The molecule has 0 bridgehead atoms. The lowest BCUT2D eigenvalue weighted by Gasteiger charge is -2.33. The molecule has 42 heavy (non-hydrogen) atoms. The molecule has 1 saturated heterocycles. The Labute approximate surface area is 244 Å². The zero-order valence-electron chi connectivity index (χ0n) is 23.4. The number of ether oxygens (including phenoxy) is 3. The Balaban J connectivity index is 1.48. The van der Waals surface area contributed by atoms with Crippen LogP contribution in [0.3, 0.4) is 0 Å². The molecule has 0 N–H and O–H groups in total. The molecular weight excluding hydrogens is 562 g/mol. The SMILES string of the molecule is COc1ccc(/C=C/c2cc(OC)cc(OC)c2/C=C/C(=O)N2CCN(S(=O)(=O)c3ccc([N+](=O)[O-])cc3)CC2)cc1. The van der Waals surface area contributed by atoms with Crippen molar-refractivity contribution in [1.82, 2.24) is 9.21 Å². The first-order valence-corrected chi connectivity index (χ1v) is 14.4. The largest absolute Gasteiger partial charge is 0.497 e. The van der Waals surface area contributed by atoms with E-state index < -0.39 is 14.9 Å². The van der Waals surface area contributed by atoms with Crippen LogP contribution in [0.2, 0.25) is 0 Å². The maximum absolute atomic E-state index is 13.1. The lowest BCUT2D eigenvalue weighted by molar-refractivity contribution is -0.384. The number of nitrogens with zero attached hydrogens (tertiary/aromatic N) is 3. The number of benzene rings is 3. The zero-order valence-corrected chi connectivity index (χ0v) is 24.2. The molecule has 0 atom stereocenters. The van der Waals surface area contributed by atoms with Crippen molar-refractivity contribution in [2.75, 3.05) is 47.5 Å². The normalized spacial score (nSPS) is 14.3. The number of nitro groups is 1. The third-order valence-electron chi connectivity index (χ3n) is 6.80. The molecule has 0 aliphatic carbocycles. The first kappa shape index (κ1) is 30.3. The standard InChI is InChI=1S/C30H31N3O8S/c1-39-25-10-5-22(6-11-25)4-7-23-20-26(40-2)21-29(41-3)28(23)14-15-30(34)31-16-18-32(19-17-31)42(37,38)27-12-8-24(9-13-27)33(35)36/h4-15,20-21H,16-19H2,1-3H3/b7-4+,15-14+. The molecule has 4 rings (SSSR count). The highest BCUT2D eigenvalue weighted by Crippen LogP contribution is 2.32.